The van der Waals surface area contributed by atoms with Gasteiger partial charge in [0.2, 0.25) is 0 Å². The van der Waals surface area contributed by atoms with Crippen LogP contribution >= 0.6 is 23.2 Å². The van der Waals surface area contributed by atoms with Crippen LogP contribution in [0.3, 0.4) is 0 Å². The van der Waals surface area contributed by atoms with E-state index in [-0.39, 0.29) is 37.4 Å². The van der Waals surface area contributed by atoms with E-state index in [9.17, 15) is 23.1 Å². The molecule has 12 heteroatoms. The van der Waals surface area contributed by atoms with Gasteiger partial charge in [-0.25, -0.2) is 0 Å². The van der Waals surface area contributed by atoms with Gasteiger partial charge in [-0.1, -0.05) is 23.2 Å². The molecule has 0 atom stereocenters. The first-order chi connectivity index (χ1) is 17.4. The summed E-state index contributed by atoms with van der Waals surface area (Å²) in [6, 6.07) is 14.3. The van der Waals surface area contributed by atoms with Gasteiger partial charge in [0.15, 0.2) is 12.4 Å². The summed E-state index contributed by atoms with van der Waals surface area (Å²) in [4.78, 5) is 25.4. The topological polar surface area (TPSA) is 149 Å². The molecule has 0 radical (unpaired) electrons. The SMILES string of the molecule is C/C([O-])=N\S(=O)(=O)c1ccc(NC(=O)COc2ccc(Cl)cc2C(=O)c2cc(Cl)cc(C#N)c2)c(C)c1. The number of hydrogen-bond donors (Lipinski definition) is 1. The van der Waals surface area contributed by atoms with Gasteiger partial charge in [-0.15, -0.1) is 0 Å². The lowest BCUT2D eigenvalue weighted by atomic mass is 10.0. The van der Waals surface area contributed by atoms with Crippen molar-refractivity contribution in [3.8, 4) is 11.8 Å². The van der Waals surface area contributed by atoms with Gasteiger partial charge in [0.25, 0.3) is 15.9 Å². The molecule has 0 aliphatic heterocycles. The van der Waals surface area contributed by atoms with Crippen molar-refractivity contribution in [2.24, 2.45) is 4.40 Å². The number of rotatable bonds is 8. The molecule has 0 saturated heterocycles. The molecule has 3 aromatic carbocycles. The normalized spacial score (nSPS) is 11.5. The Morgan fingerprint density at radius 1 is 1.08 bits per heavy atom. The molecule has 0 saturated carbocycles. The molecule has 0 unspecified atom stereocenters. The fraction of sp³-hybridized carbons (Fsp3) is 0.120. The lowest BCUT2D eigenvalue weighted by Gasteiger charge is -2.13. The summed E-state index contributed by atoms with van der Waals surface area (Å²) < 4.78 is 32.9. The molecule has 190 valence electrons. The molecule has 37 heavy (non-hydrogen) atoms. The molecule has 0 aromatic heterocycles. The lowest BCUT2D eigenvalue weighted by molar-refractivity contribution is -0.215. The first-order valence-corrected chi connectivity index (χ1v) is 12.7. The van der Waals surface area contributed by atoms with E-state index < -0.39 is 34.2 Å². The van der Waals surface area contributed by atoms with E-state index in [1.807, 2.05) is 6.07 Å². The lowest BCUT2D eigenvalue weighted by Crippen LogP contribution is -2.21. The predicted octanol–water partition coefficient (Wildman–Crippen LogP) is 3.89. The van der Waals surface area contributed by atoms with Crippen molar-refractivity contribution in [1.29, 1.82) is 5.26 Å². The second-order valence-electron chi connectivity index (χ2n) is 7.71. The molecule has 0 aliphatic rings. The Morgan fingerprint density at radius 3 is 2.46 bits per heavy atom. The van der Waals surface area contributed by atoms with Gasteiger partial charge in [-0.2, -0.15) is 18.1 Å². The van der Waals surface area contributed by atoms with Crippen molar-refractivity contribution in [1.82, 2.24) is 0 Å². The molecule has 0 bridgehead atoms. The van der Waals surface area contributed by atoms with Crippen LogP contribution in [-0.4, -0.2) is 32.6 Å². The number of carbonyl (C=O) groups is 2. The second kappa shape index (κ2) is 11.4. The summed E-state index contributed by atoms with van der Waals surface area (Å²) in [5, 5.41) is 23.3. The smallest absolute Gasteiger partial charge is 0.281 e. The van der Waals surface area contributed by atoms with Crippen molar-refractivity contribution < 1.29 is 27.9 Å². The second-order valence-corrected chi connectivity index (χ2v) is 10.2. The Morgan fingerprint density at radius 2 is 1.81 bits per heavy atom. The average Bonchev–Trinajstić information content (AvgIpc) is 2.82. The van der Waals surface area contributed by atoms with Gasteiger partial charge >= 0.3 is 0 Å². The first-order valence-electron chi connectivity index (χ1n) is 10.5. The fourth-order valence-electron chi connectivity index (χ4n) is 3.23. The van der Waals surface area contributed by atoms with Gasteiger partial charge in [-0.05, 0) is 79.9 Å². The van der Waals surface area contributed by atoms with E-state index in [1.165, 1.54) is 54.6 Å². The van der Waals surface area contributed by atoms with E-state index in [2.05, 4.69) is 9.71 Å². The van der Waals surface area contributed by atoms with Crippen molar-refractivity contribution in [3.63, 3.8) is 0 Å². The van der Waals surface area contributed by atoms with E-state index in [1.54, 1.807) is 6.92 Å². The Kier molecular flexibility index (Phi) is 8.55. The van der Waals surface area contributed by atoms with Crippen LogP contribution in [0.25, 0.3) is 0 Å². The summed E-state index contributed by atoms with van der Waals surface area (Å²) in [5.41, 5.74) is 1.12. The van der Waals surface area contributed by atoms with Crippen LogP contribution in [0, 0.1) is 18.3 Å². The van der Waals surface area contributed by atoms with Crippen molar-refractivity contribution >= 4 is 56.5 Å². The van der Waals surface area contributed by atoms with Crippen LogP contribution < -0.4 is 15.2 Å². The van der Waals surface area contributed by atoms with Gasteiger partial charge < -0.3 is 15.2 Å². The third kappa shape index (κ3) is 7.07. The van der Waals surface area contributed by atoms with E-state index in [4.69, 9.17) is 33.2 Å². The highest BCUT2D eigenvalue weighted by Crippen LogP contribution is 2.27. The molecule has 1 N–H and O–H groups in total. The van der Waals surface area contributed by atoms with E-state index >= 15 is 0 Å². The standard InChI is InChI=1S/C25H19Cl2N3O6S/c1-14-7-20(37(34,35)30-15(2)31)4-5-22(14)29-24(32)13-36-23-6-3-18(26)11-21(23)25(33)17-8-16(12-28)9-19(27)10-17/h3-11H,13H2,1-2H3,(H,29,32)(H,30,31)/p-1. The number of carbonyl (C=O) groups excluding carboxylic acids is 2. The molecule has 0 spiro atoms. The number of nitriles is 1. The number of nitrogens with zero attached hydrogens (tertiary/aromatic N) is 2. The Balaban J connectivity index is 1.77. The van der Waals surface area contributed by atoms with Crippen molar-refractivity contribution in [2.75, 3.05) is 11.9 Å². The van der Waals surface area contributed by atoms with E-state index in [0.29, 0.717) is 11.3 Å². The largest absolute Gasteiger partial charge is 0.861 e. The summed E-state index contributed by atoms with van der Waals surface area (Å²) in [6.45, 7) is 2.11. The van der Waals surface area contributed by atoms with Crippen LogP contribution in [0.15, 0.2) is 63.9 Å². The Labute approximate surface area is 223 Å². The highest BCUT2D eigenvalue weighted by atomic mass is 35.5. The van der Waals surface area contributed by atoms with Crippen LogP contribution in [0.1, 0.15) is 34.0 Å². The van der Waals surface area contributed by atoms with Crippen LogP contribution in [0.2, 0.25) is 10.0 Å². The van der Waals surface area contributed by atoms with Crippen molar-refractivity contribution in [2.45, 2.75) is 18.7 Å². The number of benzene rings is 3. The number of ether oxygens (including phenoxy) is 1. The minimum atomic E-state index is -4.15. The highest BCUT2D eigenvalue weighted by molar-refractivity contribution is 7.90. The number of amides is 1. The molecular formula is C25H18Cl2N3O6S-. The van der Waals surface area contributed by atoms with Crippen LogP contribution in [0.4, 0.5) is 5.69 Å². The van der Waals surface area contributed by atoms with Gasteiger partial charge in [0, 0.05) is 21.3 Å². The summed E-state index contributed by atoms with van der Waals surface area (Å²) in [5.74, 6) is -1.88. The van der Waals surface area contributed by atoms with Crippen molar-refractivity contribution in [3.05, 3.63) is 86.9 Å². The number of ketones is 1. The Bertz CT molecular complexity index is 1580. The minimum Gasteiger partial charge on any atom is -0.861 e. The maximum absolute atomic E-state index is 13.1. The third-order valence-electron chi connectivity index (χ3n) is 4.85. The monoisotopic (exact) mass is 558 g/mol. The fourth-order valence-corrected chi connectivity index (χ4v) is 4.65. The minimum absolute atomic E-state index is 0.0615. The average molecular weight is 559 g/mol. The molecule has 9 nitrogen and oxygen atoms in total. The number of sulfonamides is 1. The third-order valence-corrected chi connectivity index (χ3v) is 6.65. The maximum Gasteiger partial charge on any atom is 0.281 e. The number of anilines is 1. The molecule has 0 fully saturated rings. The maximum atomic E-state index is 13.1. The van der Waals surface area contributed by atoms with Crippen LogP contribution in [0.5, 0.6) is 5.75 Å². The molecule has 0 aliphatic carbocycles. The molecule has 3 aromatic rings. The predicted molar refractivity (Wildman–Crippen MR) is 137 cm³/mol. The molecular weight excluding hydrogens is 541 g/mol. The summed E-state index contributed by atoms with van der Waals surface area (Å²) in [6.07, 6.45) is 0. The van der Waals surface area contributed by atoms with Gasteiger partial charge in [0.1, 0.15) is 5.75 Å². The number of nitrogens with one attached hydrogen (secondary N) is 1. The zero-order valence-corrected chi connectivity index (χ0v) is 21.7. The number of aryl methyl sites for hydroxylation is 1. The quantitative estimate of drug-likeness (QED) is 0.250. The zero-order chi connectivity index (χ0) is 27.3. The summed E-state index contributed by atoms with van der Waals surface area (Å²) in [7, 11) is -4.15. The zero-order valence-electron chi connectivity index (χ0n) is 19.4. The first kappa shape index (κ1) is 27.7. The molecule has 0 heterocycles. The number of hydrogen-bond acceptors (Lipinski definition) is 7. The van der Waals surface area contributed by atoms with Gasteiger partial charge in [0.05, 0.1) is 22.1 Å². The molecule has 3 rings (SSSR count). The van der Waals surface area contributed by atoms with Gasteiger partial charge in [-0.3, -0.25) is 9.59 Å². The highest BCUT2D eigenvalue weighted by Gasteiger charge is 2.19. The molecule has 1 amide bonds. The van der Waals surface area contributed by atoms with E-state index in [0.717, 1.165) is 6.92 Å². The summed E-state index contributed by atoms with van der Waals surface area (Å²) >= 11 is 12.1. The van der Waals surface area contributed by atoms with Crippen LogP contribution in [-0.2, 0) is 14.8 Å². The number of halogens is 2. The Hall–Kier alpha value is -3.91.